The molecular weight excluding hydrogens is 328 g/mol. The number of hydrogen-bond acceptors (Lipinski definition) is 3. The molecule has 5 heteroatoms. The maximum atomic E-state index is 12.8. The summed E-state index contributed by atoms with van der Waals surface area (Å²) in [6.07, 6.45) is 2.92. The largest absolute Gasteiger partial charge is 0.485 e. The van der Waals surface area contributed by atoms with Crippen LogP contribution in [0.15, 0.2) is 48.5 Å². The Labute approximate surface area is 152 Å². The Morgan fingerprint density at radius 2 is 1.85 bits per heavy atom. The molecule has 2 aliphatic heterocycles. The van der Waals surface area contributed by atoms with Gasteiger partial charge in [0.25, 0.3) is 0 Å². The van der Waals surface area contributed by atoms with Crippen molar-refractivity contribution in [2.45, 2.75) is 31.3 Å². The first kappa shape index (κ1) is 16.6. The predicted octanol–water partition coefficient (Wildman–Crippen LogP) is 2.32. The highest BCUT2D eigenvalue weighted by atomic mass is 16.5. The van der Waals surface area contributed by atoms with Crippen LogP contribution in [0.4, 0.5) is 0 Å². The van der Waals surface area contributed by atoms with Crippen LogP contribution in [0.3, 0.4) is 0 Å². The summed E-state index contributed by atoms with van der Waals surface area (Å²) in [7, 11) is 0. The summed E-state index contributed by atoms with van der Waals surface area (Å²) in [4.78, 5) is 26.2. The molecule has 1 unspecified atom stereocenters. The van der Waals surface area contributed by atoms with Gasteiger partial charge >= 0.3 is 0 Å². The minimum absolute atomic E-state index is 0.0121. The van der Waals surface area contributed by atoms with Crippen LogP contribution in [-0.4, -0.2) is 35.4 Å². The monoisotopic (exact) mass is 350 g/mol. The first-order chi connectivity index (χ1) is 12.6. The quantitative estimate of drug-likeness (QED) is 0.923. The highest BCUT2D eigenvalue weighted by molar-refractivity contribution is 5.95. The van der Waals surface area contributed by atoms with Gasteiger partial charge in [-0.15, -0.1) is 0 Å². The number of rotatable bonds is 3. The van der Waals surface area contributed by atoms with Crippen LogP contribution in [0, 0.1) is 0 Å². The molecule has 1 saturated heterocycles. The first-order valence-electron chi connectivity index (χ1n) is 8.99. The third kappa shape index (κ3) is 3.05. The van der Waals surface area contributed by atoms with E-state index in [0.717, 1.165) is 25.0 Å². The van der Waals surface area contributed by atoms with Crippen LogP contribution in [0.5, 0.6) is 5.75 Å². The summed E-state index contributed by atoms with van der Waals surface area (Å²) < 4.78 is 6.30. The maximum Gasteiger partial charge on any atom is 0.248 e. The van der Waals surface area contributed by atoms with Crippen molar-refractivity contribution >= 4 is 11.8 Å². The SMILES string of the molecule is NC(=O)c1ccccc1CC(=O)N1CCC2(CCc3ccccc3O2)C1. The molecule has 2 N–H and O–H groups in total. The zero-order valence-electron chi connectivity index (χ0n) is 14.6. The number of aryl methyl sites for hydroxylation is 1. The molecule has 0 aliphatic carbocycles. The van der Waals surface area contributed by atoms with E-state index in [2.05, 4.69) is 6.07 Å². The molecule has 1 spiro atoms. The predicted molar refractivity (Wildman–Crippen MR) is 98.0 cm³/mol. The molecule has 5 nitrogen and oxygen atoms in total. The second-order valence-electron chi connectivity index (χ2n) is 7.16. The normalized spacial score (nSPS) is 21.3. The number of amides is 2. The van der Waals surface area contributed by atoms with E-state index in [9.17, 15) is 9.59 Å². The third-order valence-corrected chi connectivity index (χ3v) is 5.44. The van der Waals surface area contributed by atoms with Gasteiger partial charge < -0.3 is 15.4 Å². The second-order valence-corrected chi connectivity index (χ2v) is 7.16. The number of carbonyl (C=O) groups excluding carboxylic acids is 2. The average Bonchev–Trinajstić information content (AvgIpc) is 3.05. The Morgan fingerprint density at radius 1 is 1.08 bits per heavy atom. The third-order valence-electron chi connectivity index (χ3n) is 5.44. The lowest BCUT2D eigenvalue weighted by Crippen LogP contribution is -2.43. The number of carbonyl (C=O) groups is 2. The Balaban J connectivity index is 1.46. The van der Waals surface area contributed by atoms with Gasteiger partial charge in [-0.1, -0.05) is 36.4 Å². The molecule has 4 rings (SSSR count). The van der Waals surface area contributed by atoms with Crippen LogP contribution >= 0.6 is 0 Å². The fraction of sp³-hybridized carbons (Fsp3) is 0.333. The summed E-state index contributed by atoms with van der Waals surface area (Å²) >= 11 is 0. The van der Waals surface area contributed by atoms with E-state index in [-0.39, 0.29) is 17.9 Å². The molecule has 2 aromatic rings. The van der Waals surface area contributed by atoms with Crippen molar-refractivity contribution in [2.75, 3.05) is 13.1 Å². The summed E-state index contributed by atoms with van der Waals surface area (Å²) in [5, 5.41) is 0. The van der Waals surface area contributed by atoms with E-state index in [1.807, 2.05) is 29.2 Å². The first-order valence-corrected chi connectivity index (χ1v) is 8.99. The number of primary amides is 1. The highest BCUT2D eigenvalue weighted by Gasteiger charge is 2.43. The number of nitrogens with zero attached hydrogens (tertiary/aromatic N) is 1. The summed E-state index contributed by atoms with van der Waals surface area (Å²) in [6.45, 7) is 1.28. The van der Waals surface area contributed by atoms with Crippen molar-refractivity contribution < 1.29 is 14.3 Å². The van der Waals surface area contributed by atoms with Gasteiger partial charge in [-0.05, 0) is 36.1 Å². The summed E-state index contributed by atoms with van der Waals surface area (Å²) in [6, 6.07) is 15.1. The van der Waals surface area contributed by atoms with E-state index < -0.39 is 5.91 Å². The number of fused-ring (bicyclic) bond motifs is 1. The number of hydrogen-bond donors (Lipinski definition) is 1. The lowest BCUT2D eigenvalue weighted by molar-refractivity contribution is -0.130. The number of benzene rings is 2. The van der Waals surface area contributed by atoms with Gasteiger partial charge in [0, 0.05) is 18.5 Å². The van der Waals surface area contributed by atoms with E-state index >= 15 is 0 Å². The fourth-order valence-electron chi connectivity index (χ4n) is 3.99. The molecule has 134 valence electrons. The fourth-order valence-corrected chi connectivity index (χ4v) is 3.99. The van der Waals surface area contributed by atoms with Gasteiger partial charge in [0.15, 0.2) is 0 Å². The Kier molecular flexibility index (Phi) is 4.15. The molecule has 0 aromatic heterocycles. The smallest absolute Gasteiger partial charge is 0.248 e. The van der Waals surface area contributed by atoms with Gasteiger partial charge in [-0.3, -0.25) is 9.59 Å². The van der Waals surface area contributed by atoms with Crippen molar-refractivity contribution in [3.8, 4) is 5.75 Å². The van der Waals surface area contributed by atoms with E-state index in [1.165, 1.54) is 5.56 Å². The zero-order valence-corrected chi connectivity index (χ0v) is 14.6. The molecule has 2 heterocycles. The van der Waals surface area contributed by atoms with E-state index in [1.54, 1.807) is 18.2 Å². The minimum Gasteiger partial charge on any atom is -0.485 e. The lowest BCUT2D eigenvalue weighted by Gasteiger charge is -2.35. The van der Waals surface area contributed by atoms with Gasteiger partial charge in [-0.25, -0.2) is 0 Å². The number of nitrogens with two attached hydrogens (primary N) is 1. The molecule has 2 amide bonds. The Hall–Kier alpha value is -2.82. The van der Waals surface area contributed by atoms with Crippen molar-refractivity contribution in [2.24, 2.45) is 5.73 Å². The molecule has 2 aliphatic rings. The van der Waals surface area contributed by atoms with Crippen LogP contribution in [0.2, 0.25) is 0 Å². The summed E-state index contributed by atoms with van der Waals surface area (Å²) in [5.74, 6) is 0.448. The van der Waals surface area contributed by atoms with Crippen molar-refractivity contribution in [1.82, 2.24) is 4.90 Å². The van der Waals surface area contributed by atoms with E-state index in [4.69, 9.17) is 10.5 Å². The zero-order chi connectivity index (χ0) is 18.1. The molecule has 0 saturated carbocycles. The molecule has 0 radical (unpaired) electrons. The Bertz CT molecular complexity index is 864. The van der Waals surface area contributed by atoms with Crippen molar-refractivity contribution in [1.29, 1.82) is 0 Å². The van der Waals surface area contributed by atoms with E-state index in [0.29, 0.717) is 24.2 Å². The topological polar surface area (TPSA) is 72.6 Å². The minimum atomic E-state index is -0.501. The van der Waals surface area contributed by atoms with Crippen LogP contribution in [0.25, 0.3) is 0 Å². The second kappa shape index (κ2) is 6.48. The number of likely N-dealkylation sites (tertiary alicyclic amines) is 1. The van der Waals surface area contributed by atoms with Crippen LogP contribution < -0.4 is 10.5 Å². The van der Waals surface area contributed by atoms with Gasteiger partial charge in [0.05, 0.1) is 13.0 Å². The number of ether oxygens (including phenoxy) is 1. The van der Waals surface area contributed by atoms with Crippen LogP contribution in [-0.2, 0) is 17.6 Å². The highest BCUT2D eigenvalue weighted by Crippen LogP contribution is 2.38. The van der Waals surface area contributed by atoms with Crippen LogP contribution in [0.1, 0.15) is 34.3 Å². The molecule has 0 bridgehead atoms. The van der Waals surface area contributed by atoms with Gasteiger partial charge in [0.2, 0.25) is 11.8 Å². The van der Waals surface area contributed by atoms with Gasteiger partial charge in [0.1, 0.15) is 11.4 Å². The molecule has 1 fully saturated rings. The van der Waals surface area contributed by atoms with Crippen molar-refractivity contribution in [3.63, 3.8) is 0 Å². The van der Waals surface area contributed by atoms with Crippen molar-refractivity contribution in [3.05, 3.63) is 65.2 Å². The summed E-state index contributed by atoms with van der Waals surface area (Å²) in [5.41, 5.74) is 7.46. The lowest BCUT2D eigenvalue weighted by atomic mass is 9.90. The standard InChI is InChI=1S/C21H22N2O3/c22-20(25)17-7-3-1-6-16(17)13-19(24)23-12-11-21(14-23)10-9-15-5-2-4-8-18(15)26-21/h1-8H,9-14H2,(H2,22,25). The molecule has 26 heavy (non-hydrogen) atoms. The molecule has 1 atom stereocenters. The number of para-hydroxylation sites is 1. The molecule has 2 aromatic carbocycles. The van der Waals surface area contributed by atoms with Gasteiger partial charge in [-0.2, -0.15) is 0 Å². The maximum absolute atomic E-state index is 12.8. The average molecular weight is 350 g/mol. The Morgan fingerprint density at radius 3 is 2.69 bits per heavy atom. The molecular formula is C21H22N2O3.